The Morgan fingerprint density at radius 1 is 1.12 bits per heavy atom. The van der Waals surface area contributed by atoms with Crippen molar-refractivity contribution >= 4 is 5.91 Å². The molecule has 122 valence electrons. The summed E-state index contributed by atoms with van der Waals surface area (Å²) in [7, 11) is 0. The minimum absolute atomic E-state index is 0.0208. The van der Waals surface area contributed by atoms with Gasteiger partial charge in [-0.3, -0.25) is 4.79 Å². The van der Waals surface area contributed by atoms with E-state index in [-0.39, 0.29) is 17.7 Å². The highest BCUT2D eigenvalue weighted by molar-refractivity contribution is 5.91. The highest BCUT2D eigenvalue weighted by Crippen LogP contribution is 2.39. The van der Waals surface area contributed by atoms with Gasteiger partial charge in [0.1, 0.15) is 0 Å². The second kappa shape index (κ2) is 5.96. The number of nitrogens with zero attached hydrogens (tertiary/aromatic N) is 3. The molecule has 6 nitrogen and oxygen atoms in total. The molecule has 1 aromatic carbocycles. The minimum Gasteiger partial charge on any atom is -0.459 e. The largest absolute Gasteiger partial charge is 0.459 e. The summed E-state index contributed by atoms with van der Waals surface area (Å²) in [5.74, 6) is 1.52. The number of carbonyl (C=O) groups is 1. The first-order valence-electron chi connectivity index (χ1n) is 7.90. The van der Waals surface area contributed by atoms with Gasteiger partial charge < -0.3 is 13.8 Å². The van der Waals surface area contributed by atoms with Crippen LogP contribution in [0, 0.1) is 6.92 Å². The Balaban J connectivity index is 1.66. The maximum atomic E-state index is 12.6. The van der Waals surface area contributed by atoms with Gasteiger partial charge in [0.05, 0.1) is 12.2 Å². The summed E-state index contributed by atoms with van der Waals surface area (Å²) in [6.45, 7) is 2.92. The Kier molecular flexibility index (Phi) is 3.65. The molecule has 3 heterocycles. The number of hydrogen-bond acceptors (Lipinski definition) is 5. The molecule has 1 aliphatic heterocycles. The predicted octanol–water partition coefficient (Wildman–Crippen LogP) is 2.99. The summed E-state index contributed by atoms with van der Waals surface area (Å²) >= 11 is 0. The first-order chi connectivity index (χ1) is 11.7. The van der Waals surface area contributed by atoms with Crippen LogP contribution < -0.4 is 0 Å². The molecule has 1 saturated heterocycles. The van der Waals surface area contributed by atoms with Crippen LogP contribution in [0.15, 0.2) is 57.7 Å². The highest BCUT2D eigenvalue weighted by Gasteiger charge is 2.40. The lowest BCUT2D eigenvalue weighted by Crippen LogP contribution is -2.28. The zero-order chi connectivity index (χ0) is 16.5. The molecule has 0 saturated carbocycles. The fraction of sp³-hybridized carbons (Fsp3) is 0.278. The Morgan fingerprint density at radius 3 is 2.58 bits per heavy atom. The van der Waals surface area contributed by atoms with Crippen molar-refractivity contribution in [3.05, 3.63) is 71.8 Å². The molecular formula is C18H17N3O3. The van der Waals surface area contributed by atoms with Crippen molar-refractivity contribution in [3.63, 3.8) is 0 Å². The molecule has 4 rings (SSSR count). The molecular weight excluding hydrogens is 306 g/mol. The van der Waals surface area contributed by atoms with Crippen LogP contribution in [-0.4, -0.2) is 34.0 Å². The molecule has 0 bridgehead atoms. The second-order valence-corrected chi connectivity index (χ2v) is 5.99. The van der Waals surface area contributed by atoms with Gasteiger partial charge in [-0.1, -0.05) is 35.5 Å². The maximum Gasteiger partial charge on any atom is 0.289 e. The van der Waals surface area contributed by atoms with Crippen molar-refractivity contribution in [2.75, 3.05) is 13.1 Å². The SMILES string of the molecule is Cc1noc([C@@H]2CN(C(=O)c3ccco3)C[C@H]2c2ccccc2)n1. The molecule has 3 aromatic rings. The number of furan rings is 1. The van der Waals surface area contributed by atoms with E-state index < -0.39 is 0 Å². The van der Waals surface area contributed by atoms with Crippen LogP contribution in [0.25, 0.3) is 0 Å². The molecule has 6 heteroatoms. The van der Waals surface area contributed by atoms with E-state index in [0.29, 0.717) is 30.6 Å². The molecule has 1 fully saturated rings. The summed E-state index contributed by atoms with van der Waals surface area (Å²) < 4.78 is 10.6. The van der Waals surface area contributed by atoms with Gasteiger partial charge in [-0.25, -0.2) is 0 Å². The van der Waals surface area contributed by atoms with E-state index in [4.69, 9.17) is 8.94 Å². The van der Waals surface area contributed by atoms with Crippen LogP contribution >= 0.6 is 0 Å². The van der Waals surface area contributed by atoms with Crippen molar-refractivity contribution in [2.45, 2.75) is 18.8 Å². The molecule has 2 atom stereocenters. The van der Waals surface area contributed by atoms with E-state index in [1.807, 2.05) is 18.2 Å². The van der Waals surface area contributed by atoms with Gasteiger partial charge >= 0.3 is 0 Å². The van der Waals surface area contributed by atoms with Crippen molar-refractivity contribution in [3.8, 4) is 0 Å². The van der Waals surface area contributed by atoms with Gasteiger partial charge in [-0.05, 0) is 24.6 Å². The Morgan fingerprint density at radius 2 is 1.92 bits per heavy atom. The van der Waals surface area contributed by atoms with Crippen LogP contribution in [-0.2, 0) is 0 Å². The molecule has 0 spiro atoms. The van der Waals surface area contributed by atoms with Crippen LogP contribution in [0.2, 0.25) is 0 Å². The quantitative estimate of drug-likeness (QED) is 0.741. The summed E-state index contributed by atoms with van der Waals surface area (Å²) in [5.41, 5.74) is 1.16. The average Bonchev–Trinajstić information content (AvgIpc) is 3.35. The van der Waals surface area contributed by atoms with E-state index in [1.54, 1.807) is 24.0 Å². The first kappa shape index (κ1) is 14.7. The van der Waals surface area contributed by atoms with E-state index in [1.165, 1.54) is 6.26 Å². The molecule has 0 N–H and O–H groups in total. The zero-order valence-corrected chi connectivity index (χ0v) is 13.3. The van der Waals surface area contributed by atoms with Crippen LogP contribution in [0.4, 0.5) is 0 Å². The van der Waals surface area contributed by atoms with E-state index in [9.17, 15) is 4.79 Å². The molecule has 0 unspecified atom stereocenters. The molecule has 0 radical (unpaired) electrons. The van der Waals surface area contributed by atoms with Crippen molar-refractivity contribution in [2.24, 2.45) is 0 Å². The smallest absolute Gasteiger partial charge is 0.289 e. The number of likely N-dealkylation sites (tertiary alicyclic amines) is 1. The lowest BCUT2D eigenvalue weighted by Gasteiger charge is -2.15. The van der Waals surface area contributed by atoms with Crippen LogP contribution in [0.1, 0.15) is 39.7 Å². The average molecular weight is 323 g/mol. The number of aromatic nitrogens is 2. The fourth-order valence-electron chi connectivity index (χ4n) is 3.28. The van der Waals surface area contributed by atoms with Crippen molar-refractivity contribution in [1.29, 1.82) is 0 Å². The fourth-order valence-corrected chi connectivity index (χ4v) is 3.28. The van der Waals surface area contributed by atoms with Gasteiger partial charge in [0.25, 0.3) is 5.91 Å². The second-order valence-electron chi connectivity index (χ2n) is 5.99. The Labute approximate surface area is 139 Å². The number of hydrogen-bond donors (Lipinski definition) is 0. The van der Waals surface area contributed by atoms with Gasteiger partial charge in [-0.2, -0.15) is 4.98 Å². The van der Waals surface area contributed by atoms with Gasteiger partial charge in [-0.15, -0.1) is 0 Å². The lowest BCUT2D eigenvalue weighted by molar-refractivity contribution is 0.0756. The van der Waals surface area contributed by atoms with E-state index in [0.717, 1.165) is 5.56 Å². The summed E-state index contributed by atoms with van der Waals surface area (Å²) in [4.78, 5) is 18.8. The minimum atomic E-state index is -0.111. The third kappa shape index (κ3) is 2.60. The first-order valence-corrected chi connectivity index (χ1v) is 7.90. The highest BCUT2D eigenvalue weighted by atomic mass is 16.5. The molecule has 2 aromatic heterocycles. The lowest BCUT2D eigenvalue weighted by atomic mass is 9.89. The zero-order valence-electron chi connectivity index (χ0n) is 13.3. The number of carbonyl (C=O) groups excluding carboxylic acids is 1. The normalized spacial score (nSPS) is 20.5. The summed E-state index contributed by atoms with van der Waals surface area (Å²) in [6, 6.07) is 13.5. The molecule has 0 aliphatic carbocycles. The summed E-state index contributed by atoms with van der Waals surface area (Å²) in [6.07, 6.45) is 1.51. The molecule has 1 amide bonds. The van der Waals surface area contributed by atoms with Gasteiger partial charge in [0.2, 0.25) is 5.89 Å². The maximum absolute atomic E-state index is 12.6. The third-order valence-corrected chi connectivity index (χ3v) is 4.43. The van der Waals surface area contributed by atoms with Crippen LogP contribution in [0.5, 0.6) is 0 Å². The standard InChI is InChI=1S/C18H17N3O3/c1-12-19-17(24-20-12)15-11-21(18(22)16-8-5-9-23-16)10-14(15)13-6-3-2-4-7-13/h2-9,14-15H,10-11H2,1H3/t14-,15+/m0/s1. The van der Waals surface area contributed by atoms with Crippen molar-refractivity contribution in [1.82, 2.24) is 15.0 Å². The van der Waals surface area contributed by atoms with Crippen LogP contribution in [0.3, 0.4) is 0 Å². The molecule has 24 heavy (non-hydrogen) atoms. The monoisotopic (exact) mass is 323 g/mol. The number of rotatable bonds is 3. The Hall–Kier alpha value is -2.89. The Bertz CT molecular complexity index is 826. The van der Waals surface area contributed by atoms with E-state index >= 15 is 0 Å². The number of amides is 1. The third-order valence-electron chi connectivity index (χ3n) is 4.43. The van der Waals surface area contributed by atoms with Crippen molar-refractivity contribution < 1.29 is 13.7 Å². The number of benzene rings is 1. The number of aryl methyl sites for hydroxylation is 1. The van der Waals surface area contributed by atoms with Gasteiger partial charge in [0, 0.05) is 19.0 Å². The van der Waals surface area contributed by atoms with E-state index in [2.05, 4.69) is 22.3 Å². The predicted molar refractivity (Wildman–Crippen MR) is 85.6 cm³/mol. The van der Waals surface area contributed by atoms with Gasteiger partial charge in [0.15, 0.2) is 11.6 Å². The topological polar surface area (TPSA) is 72.4 Å². The summed E-state index contributed by atoms with van der Waals surface area (Å²) in [5, 5.41) is 3.90. The molecule has 1 aliphatic rings.